The maximum Gasteiger partial charge on any atom is 0.328 e. The largest absolute Gasteiger partial charge is 0.453 e. The summed E-state index contributed by atoms with van der Waals surface area (Å²) in [6, 6.07) is 8.12. The zero-order valence-corrected chi connectivity index (χ0v) is 17.7. The molecule has 2 aromatic heterocycles. The molecule has 0 aliphatic carbocycles. The monoisotopic (exact) mass is 452 g/mol. The molecule has 2 heterocycles. The number of benzene rings is 1. The Morgan fingerprint density at radius 1 is 1.31 bits per heavy atom. The number of hydrogen-bond donors (Lipinski definition) is 0. The van der Waals surface area contributed by atoms with Gasteiger partial charge in [0.2, 0.25) is 0 Å². The van der Waals surface area contributed by atoms with Crippen molar-refractivity contribution in [3.63, 3.8) is 0 Å². The van der Waals surface area contributed by atoms with Gasteiger partial charge in [-0.2, -0.15) is 5.10 Å². The quantitative estimate of drug-likeness (QED) is 0.409. The Morgan fingerprint density at radius 2 is 2.08 bits per heavy atom. The molecule has 0 atom stereocenters. The van der Waals surface area contributed by atoms with Crippen LogP contribution in [0.4, 0.5) is 0 Å². The first-order valence-corrected chi connectivity index (χ1v) is 10.8. The molecule has 0 saturated carbocycles. The highest BCUT2D eigenvalue weighted by Gasteiger charge is 2.21. The van der Waals surface area contributed by atoms with Crippen LogP contribution in [-0.4, -0.2) is 38.1 Å². The van der Waals surface area contributed by atoms with E-state index in [0.717, 1.165) is 32.0 Å². The summed E-state index contributed by atoms with van der Waals surface area (Å²) in [6.07, 6.45) is 1.88. The molecule has 3 aromatic rings. The van der Waals surface area contributed by atoms with E-state index in [1.807, 2.05) is 38.3 Å². The molecule has 0 N–H and O–H groups in total. The molecule has 0 aliphatic heterocycles. The average molecular weight is 453 g/mol. The summed E-state index contributed by atoms with van der Waals surface area (Å²) in [5.74, 6) is -0.00894. The van der Waals surface area contributed by atoms with Gasteiger partial charge in [0.05, 0.1) is 10.2 Å². The summed E-state index contributed by atoms with van der Waals surface area (Å²) in [4.78, 5) is 12.0. The van der Waals surface area contributed by atoms with Gasteiger partial charge >= 0.3 is 5.97 Å². The first-order valence-electron chi connectivity index (χ1n) is 7.78. The standard InChI is InChI=1S/C17H17BrN4O2S2/c1-10-5-4-6-12(7-10)16-19-20-17(26-16)15-14(18)11(2)21-22(15)8-13(23)24-9-25-3/h4-7H,8-9H2,1-3H3. The molecule has 0 fully saturated rings. The summed E-state index contributed by atoms with van der Waals surface area (Å²) >= 11 is 6.47. The van der Waals surface area contributed by atoms with Crippen LogP contribution in [0.3, 0.4) is 0 Å². The third-order valence-corrected chi connectivity index (χ3v) is 5.85. The van der Waals surface area contributed by atoms with Crippen molar-refractivity contribution in [2.75, 3.05) is 12.2 Å². The summed E-state index contributed by atoms with van der Waals surface area (Å²) in [6.45, 7) is 3.95. The number of carbonyl (C=O) groups is 1. The fraction of sp³-hybridized carbons (Fsp3) is 0.294. The molecular formula is C17H17BrN4O2S2. The number of hydrogen-bond acceptors (Lipinski definition) is 7. The van der Waals surface area contributed by atoms with E-state index >= 15 is 0 Å². The first-order chi connectivity index (χ1) is 12.5. The molecule has 0 spiro atoms. The number of nitrogens with zero attached hydrogens (tertiary/aromatic N) is 4. The molecule has 6 nitrogen and oxygen atoms in total. The van der Waals surface area contributed by atoms with Gasteiger partial charge in [-0.05, 0) is 42.1 Å². The molecule has 0 unspecified atom stereocenters. The van der Waals surface area contributed by atoms with Gasteiger partial charge in [0.25, 0.3) is 0 Å². The van der Waals surface area contributed by atoms with Gasteiger partial charge in [-0.3, -0.25) is 4.79 Å². The van der Waals surface area contributed by atoms with Crippen LogP contribution in [0.25, 0.3) is 21.3 Å². The topological polar surface area (TPSA) is 69.9 Å². The van der Waals surface area contributed by atoms with Crippen LogP contribution in [0.5, 0.6) is 0 Å². The van der Waals surface area contributed by atoms with Crippen LogP contribution in [0, 0.1) is 13.8 Å². The molecule has 0 aliphatic rings. The highest BCUT2D eigenvalue weighted by atomic mass is 79.9. The number of ether oxygens (including phenoxy) is 1. The minimum Gasteiger partial charge on any atom is -0.453 e. The van der Waals surface area contributed by atoms with E-state index in [4.69, 9.17) is 4.74 Å². The first kappa shape index (κ1) is 19.1. The van der Waals surface area contributed by atoms with Crippen molar-refractivity contribution in [3.05, 3.63) is 40.0 Å². The molecular weight excluding hydrogens is 436 g/mol. The number of carbonyl (C=O) groups excluding carboxylic acids is 1. The van der Waals surface area contributed by atoms with Crippen molar-refractivity contribution >= 4 is 45.0 Å². The van der Waals surface area contributed by atoms with E-state index in [1.165, 1.54) is 23.1 Å². The Hall–Kier alpha value is -1.71. The van der Waals surface area contributed by atoms with Crippen LogP contribution in [0.2, 0.25) is 0 Å². The highest BCUT2D eigenvalue weighted by Crippen LogP contribution is 2.35. The number of rotatable bonds is 6. The second-order valence-electron chi connectivity index (χ2n) is 5.61. The average Bonchev–Trinajstić information content (AvgIpc) is 3.18. The molecule has 26 heavy (non-hydrogen) atoms. The molecule has 0 radical (unpaired) electrons. The number of aromatic nitrogens is 4. The molecule has 0 amide bonds. The lowest BCUT2D eigenvalue weighted by Crippen LogP contribution is -2.15. The summed E-state index contributed by atoms with van der Waals surface area (Å²) < 4.78 is 7.56. The lowest BCUT2D eigenvalue weighted by Gasteiger charge is -2.05. The zero-order valence-electron chi connectivity index (χ0n) is 14.5. The molecule has 1 aromatic carbocycles. The van der Waals surface area contributed by atoms with Crippen LogP contribution >= 0.6 is 39.0 Å². The van der Waals surface area contributed by atoms with E-state index in [9.17, 15) is 4.79 Å². The Labute approximate surface area is 168 Å². The van der Waals surface area contributed by atoms with Crippen molar-refractivity contribution in [3.8, 4) is 21.3 Å². The Kier molecular flexibility index (Phi) is 6.10. The van der Waals surface area contributed by atoms with Gasteiger partial charge in [0.15, 0.2) is 5.01 Å². The van der Waals surface area contributed by atoms with Gasteiger partial charge in [-0.1, -0.05) is 35.1 Å². The number of esters is 1. The van der Waals surface area contributed by atoms with E-state index in [2.05, 4.69) is 37.3 Å². The number of aryl methyl sites for hydroxylation is 2. The SMILES string of the molecule is CSCOC(=O)Cn1nc(C)c(Br)c1-c1nnc(-c2cccc(C)c2)s1. The summed E-state index contributed by atoms with van der Waals surface area (Å²) in [5, 5.41) is 14.6. The minimum atomic E-state index is -0.334. The van der Waals surface area contributed by atoms with Crippen molar-refractivity contribution in [1.82, 2.24) is 20.0 Å². The molecule has 3 rings (SSSR count). The zero-order chi connectivity index (χ0) is 18.7. The summed E-state index contributed by atoms with van der Waals surface area (Å²) in [7, 11) is 0. The normalized spacial score (nSPS) is 10.9. The van der Waals surface area contributed by atoms with E-state index in [-0.39, 0.29) is 12.5 Å². The smallest absolute Gasteiger partial charge is 0.328 e. The second kappa shape index (κ2) is 8.32. The van der Waals surface area contributed by atoms with Crippen molar-refractivity contribution in [1.29, 1.82) is 0 Å². The van der Waals surface area contributed by atoms with Crippen molar-refractivity contribution in [2.24, 2.45) is 0 Å². The van der Waals surface area contributed by atoms with Gasteiger partial charge < -0.3 is 4.74 Å². The second-order valence-corrected chi connectivity index (χ2v) is 8.19. The number of halogens is 1. The van der Waals surface area contributed by atoms with Crippen LogP contribution in [0.1, 0.15) is 11.3 Å². The van der Waals surface area contributed by atoms with Crippen molar-refractivity contribution < 1.29 is 9.53 Å². The van der Waals surface area contributed by atoms with Crippen LogP contribution in [0.15, 0.2) is 28.7 Å². The maximum absolute atomic E-state index is 12.0. The fourth-order valence-corrected chi connectivity index (χ4v) is 4.13. The van der Waals surface area contributed by atoms with Gasteiger partial charge in [0.1, 0.15) is 23.2 Å². The third kappa shape index (κ3) is 4.16. The maximum atomic E-state index is 12.0. The molecule has 9 heteroatoms. The third-order valence-electron chi connectivity index (χ3n) is 3.56. The Morgan fingerprint density at radius 3 is 2.81 bits per heavy atom. The lowest BCUT2D eigenvalue weighted by molar-refractivity contribution is -0.142. The molecule has 0 bridgehead atoms. The highest BCUT2D eigenvalue weighted by molar-refractivity contribution is 9.10. The molecule has 0 saturated heterocycles. The van der Waals surface area contributed by atoms with Gasteiger partial charge in [-0.15, -0.1) is 22.0 Å². The van der Waals surface area contributed by atoms with E-state index in [1.54, 1.807) is 4.68 Å². The lowest BCUT2D eigenvalue weighted by atomic mass is 10.1. The predicted molar refractivity (Wildman–Crippen MR) is 108 cm³/mol. The van der Waals surface area contributed by atoms with Crippen molar-refractivity contribution in [2.45, 2.75) is 20.4 Å². The van der Waals surface area contributed by atoms with Crippen LogP contribution < -0.4 is 0 Å². The van der Waals surface area contributed by atoms with Gasteiger partial charge in [0, 0.05) is 5.56 Å². The minimum absolute atomic E-state index is 0.0295. The van der Waals surface area contributed by atoms with E-state index in [0.29, 0.717) is 10.9 Å². The Bertz CT molecular complexity index is 939. The molecule has 136 valence electrons. The van der Waals surface area contributed by atoms with E-state index < -0.39 is 0 Å². The fourth-order valence-electron chi connectivity index (χ4n) is 2.38. The predicted octanol–water partition coefficient (Wildman–Crippen LogP) is 4.31. The number of thioether (sulfide) groups is 1. The Balaban J connectivity index is 1.93. The van der Waals surface area contributed by atoms with Crippen LogP contribution in [-0.2, 0) is 16.1 Å². The van der Waals surface area contributed by atoms with Gasteiger partial charge in [-0.25, -0.2) is 4.68 Å². The summed E-state index contributed by atoms with van der Waals surface area (Å²) in [5.41, 5.74) is 3.70.